The average Bonchev–Trinajstić information content (AvgIpc) is 3.27. The van der Waals surface area contributed by atoms with Crippen molar-refractivity contribution in [2.45, 2.75) is 12.5 Å². The first kappa shape index (κ1) is 21.4. The summed E-state index contributed by atoms with van der Waals surface area (Å²) in [6.45, 7) is 1.85. The van der Waals surface area contributed by atoms with E-state index in [0.717, 1.165) is 51.1 Å². The highest BCUT2D eigenvalue weighted by Gasteiger charge is 2.29. The number of carbonyl (C=O) groups is 1. The molecule has 4 aromatic heterocycles. The van der Waals surface area contributed by atoms with Gasteiger partial charge in [-0.3, -0.25) is 14.8 Å². The van der Waals surface area contributed by atoms with Crippen LogP contribution in [0.15, 0.2) is 49.1 Å². The molecule has 0 radical (unpaired) electrons. The van der Waals surface area contributed by atoms with Crippen LogP contribution in [-0.4, -0.2) is 70.9 Å². The molecule has 0 bridgehead atoms. The molecule has 1 fully saturated rings. The molecule has 0 spiro atoms. The van der Waals surface area contributed by atoms with E-state index in [-0.39, 0.29) is 12.2 Å². The molecule has 0 saturated carbocycles. The maximum Gasteiger partial charge on any atom is 0.182 e. The van der Waals surface area contributed by atoms with Crippen molar-refractivity contribution in [1.29, 1.82) is 0 Å². The summed E-state index contributed by atoms with van der Waals surface area (Å²) in [6.07, 6.45) is 7.36. The number of nitrogens with one attached hydrogen (secondary N) is 1. The molecule has 1 aliphatic heterocycles. The van der Waals surface area contributed by atoms with Crippen molar-refractivity contribution < 1.29 is 4.79 Å². The predicted octanol–water partition coefficient (Wildman–Crippen LogP) is 3.37. The summed E-state index contributed by atoms with van der Waals surface area (Å²) in [4.78, 5) is 36.2. The molecule has 0 atom stereocenters. The summed E-state index contributed by atoms with van der Waals surface area (Å²) < 4.78 is 0. The topological polar surface area (TPSA) is 87.1 Å². The Morgan fingerprint density at radius 2 is 1.91 bits per heavy atom. The van der Waals surface area contributed by atoms with Gasteiger partial charge in [0.05, 0.1) is 17.0 Å². The fourth-order valence-electron chi connectivity index (χ4n) is 3.82. The molecule has 0 aromatic carbocycles. The minimum absolute atomic E-state index is 0.0329. The molecule has 8 nitrogen and oxygen atoms in total. The summed E-state index contributed by atoms with van der Waals surface area (Å²) >= 11 is 1.55. The minimum Gasteiger partial charge on any atom is -0.365 e. The third-order valence-electron chi connectivity index (χ3n) is 5.96. The molecule has 1 aliphatic rings. The third-order valence-corrected chi connectivity index (χ3v) is 6.99. The van der Waals surface area contributed by atoms with Crippen LogP contribution in [0.3, 0.4) is 0 Å². The van der Waals surface area contributed by atoms with E-state index in [9.17, 15) is 4.79 Å². The highest BCUT2D eigenvalue weighted by atomic mass is 32.1. The van der Waals surface area contributed by atoms with Gasteiger partial charge < -0.3 is 15.1 Å². The molecule has 5 heterocycles. The number of anilines is 2. The van der Waals surface area contributed by atoms with Crippen molar-refractivity contribution in [3.8, 4) is 10.6 Å². The lowest BCUT2D eigenvalue weighted by Gasteiger charge is -2.43. The second kappa shape index (κ2) is 8.84. The summed E-state index contributed by atoms with van der Waals surface area (Å²) in [5.74, 6) is 0.886. The SMILES string of the molecule is CNc1ncc(-c2cc3cc(CC(=O)c4ccnc(N5CC(N(C)C)C5)c4)ncc3cn2)s1. The molecule has 4 aromatic rings. The largest absolute Gasteiger partial charge is 0.365 e. The average molecular weight is 460 g/mol. The number of ketones is 1. The number of hydrogen-bond donors (Lipinski definition) is 1. The molecule has 1 N–H and O–H groups in total. The van der Waals surface area contributed by atoms with E-state index in [2.05, 4.69) is 49.1 Å². The normalized spacial score (nSPS) is 14.0. The van der Waals surface area contributed by atoms with Crippen LogP contribution < -0.4 is 10.2 Å². The lowest BCUT2D eigenvalue weighted by Crippen LogP contribution is -2.57. The number of pyridine rings is 3. The number of likely N-dealkylation sites (N-methyl/N-ethyl adjacent to an activating group) is 1. The second-order valence-corrected chi connectivity index (χ2v) is 9.43. The summed E-state index contributed by atoms with van der Waals surface area (Å²) in [7, 11) is 6.02. The number of carbonyl (C=O) groups excluding carboxylic acids is 1. The standard InChI is InChI=1S/C24H25N7OS/c1-25-24-29-12-22(33-24)20-7-16-6-18(27-10-17(16)11-28-20)9-21(32)15-4-5-26-23(8-15)31-13-19(14-31)30(2)3/h4-8,10-12,19H,9,13-14H2,1-3H3,(H,25,29). The summed E-state index contributed by atoms with van der Waals surface area (Å²) in [5, 5.41) is 5.84. The van der Waals surface area contributed by atoms with E-state index in [0.29, 0.717) is 11.6 Å². The lowest BCUT2D eigenvalue weighted by molar-refractivity contribution is 0.0992. The Balaban J connectivity index is 1.33. The Hall–Kier alpha value is -3.43. The van der Waals surface area contributed by atoms with Gasteiger partial charge in [0.15, 0.2) is 10.9 Å². The molecule has 9 heteroatoms. The Morgan fingerprint density at radius 3 is 2.67 bits per heavy atom. The predicted molar refractivity (Wildman–Crippen MR) is 132 cm³/mol. The number of thiazole rings is 1. The van der Waals surface area contributed by atoms with E-state index in [4.69, 9.17) is 0 Å². The molecular formula is C24H25N7OS. The van der Waals surface area contributed by atoms with Gasteiger partial charge in [0.1, 0.15) is 5.82 Å². The molecule has 0 aliphatic carbocycles. The Bertz CT molecular complexity index is 1310. The summed E-state index contributed by atoms with van der Waals surface area (Å²) in [6, 6.07) is 8.19. The summed E-state index contributed by atoms with van der Waals surface area (Å²) in [5.41, 5.74) is 2.25. The van der Waals surface area contributed by atoms with Gasteiger partial charge in [0.2, 0.25) is 0 Å². The van der Waals surface area contributed by atoms with Crippen molar-refractivity contribution in [1.82, 2.24) is 24.8 Å². The number of hydrogen-bond acceptors (Lipinski definition) is 9. The van der Waals surface area contributed by atoms with Gasteiger partial charge in [-0.05, 0) is 43.7 Å². The Morgan fingerprint density at radius 1 is 1.09 bits per heavy atom. The van der Waals surface area contributed by atoms with E-state index in [1.54, 1.807) is 29.8 Å². The fraction of sp³-hybridized carbons (Fsp3) is 0.292. The van der Waals surface area contributed by atoms with Crippen LogP contribution in [-0.2, 0) is 6.42 Å². The highest BCUT2D eigenvalue weighted by molar-refractivity contribution is 7.18. The Kier molecular flexibility index (Phi) is 5.74. The minimum atomic E-state index is 0.0329. The maximum absolute atomic E-state index is 13.0. The molecule has 1 saturated heterocycles. The van der Waals surface area contributed by atoms with Crippen LogP contribution in [0.4, 0.5) is 10.9 Å². The van der Waals surface area contributed by atoms with Crippen LogP contribution in [0.25, 0.3) is 21.3 Å². The van der Waals surface area contributed by atoms with Gasteiger partial charge in [-0.25, -0.2) is 9.97 Å². The van der Waals surface area contributed by atoms with E-state index in [1.807, 2.05) is 37.6 Å². The molecule has 0 amide bonds. The quantitative estimate of drug-likeness (QED) is 0.421. The molecule has 168 valence electrons. The van der Waals surface area contributed by atoms with Crippen LogP contribution in [0.1, 0.15) is 16.1 Å². The zero-order valence-electron chi connectivity index (χ0n) is 18.8. The first-order valence-electron chi connectivity index (χ1n) is 10.8. The first-order valence-corrected chi connectivity index (χ1v) is 11.6. The monoisotopic (exact) mass is 459 g/mol. The van der Waals surface area contributed by atoms with Crippen molar-refractivity contribution in [3.63, 3.8) is 0 Å². The van der Waals surface area contributed by atoms with Gasteiger partial charge in [0.25, 0.3) is 0 Å². The molecule has 0 unspecified atom stereocenters. The first-order chi connectivity index (χ1) is 16.0. The van der Waals surface area contributed by atoms with E-state index < -0.39 is 0 Å². The smallest absolute Gasteiger partial charge is 0.182 e. The van der Waals surface area contributed by atoms with Crippen molar-refractivity contribution in [2.24, 2.45) is 0 Å². The van der Waals surface area contributed by atoms with Crippen LogP contribution in [0.5, 0.6) is 0 Å². The number of rotatable bonds is 7. The highest BCUT2D eigenvalue weighted by Crippen LogP contribution is 2.29. The van der Waals surface area contributed by atoms with Gasteiger partial charge >= 0.3 is 0 Å². The molecule has 5 rings (SSSR count). The van der Waals surface area contributed by atoms with Gasteiger partial charge in [-0.15, -0.1) is 0 Å². The zero-order chi connectivity index (χ0) is 22.9. The van der Waals surface area contributed by atoms with E-state index in [1.165, 1.54) is 0 Å². The maximum atomic E-state index is 13.0. The molecule has 33 heavy (non-hydrogen) atoms. The number of Topliss-reactive ketones (excluding diaryl/α,β-unsaturated/α-hetero) is 1. The fourth-order valence-corrected chi connectivity index (χ4v) is 4.56. The number of fused-ring (bicyclic) bond motifs is 1. The zero-order valence-corrected chi connectivity index (χ0v) is 19.6. The van der Waals surface area contributed by atoms with Gasteiger partial charge in [-0.2, -0.15) is 0 Å². The van der Waals surface area contributed by atoms with Crippen LogP contribution in [0.2, 0.25) is 0 Å². The number of nitrogens with zero attached hydrogens (tertiary/aromatic N) is 6. The van der Waals surface area contributed by atoms with Crippen LogP contribution >= 0.6 is 11.3 Å². The van der Waals surface area contributed by atoms with Crippen molar-refractivity contribution in [3.05, 3.63) is 60.3 Å². The van der Waals surface area contributed by atoms with Crippen molar-refractivity contribution in [2.75, 3.05) is 44.4 Å². The third kappa shape index (κ3) is 4.42. The van der Waals surface area contributed by atoms with Gasteiger partial charge in [0, 0.05) is 67.6 Å². The Labute approximate surface area is 196 Å². The molecular weight excluding hydrogens is 434 g/mol. The lowest BCUT2D eigenvalue weighted by atomic mass is 10.0. The van der Waals surface area contributed by atoms with Gasteiger partial charge in [-0.1, -0.05) is 11.3 Å². The number of aromatic nitrogens is 4. The van der Waals surface area contributed by atoms with Crippen LogP contribution in [0, 0.1) is 0 Å². The second-order valence-electron chi connectivity index (χ2n) is 8.40. The van der Waals surface area contributed by atoms with Crippen molar-refractivity contribution >= 4 is 38.8 Å². The van der Waals surface area contributed by atoms with E-state index >= 15 is 0 Å².